The molecule has 0 spiro atoms. The molecule has 2 N–H and O–H groups in total. The van der Waals surface area contributed by atoms with Crippen LogP contribution in [0.15, 0.2) is 23.8 Å². The third-order valence-corrected chi connectivity index (χ3v) is 7.43. The Bertz CT molecular complexity index is 743. The Morgan fingerprint density at radius 2 is 1.78 bits per heavy atom. The molecule has 0 aliphatic carbocycles. The molecule has 32 heavy (non-hydrogen) atoms. The molecule has 3 heterocycles. The van der Waals surface area contributed by atoms with Crippen molar-refractivity contribution in [1.29, 1.82) is 0 Å². The van der Waals surface area contributed by atoms with Crippen LogP contribution in [0.4, 0.5) is 0 Å². The van der Waals surface area contributed by atoms with E-state index < -0.39 is 17.4 Å². The number of rotatable bonds is 2. The summed E-state index contributed by atoms with van der Waals surface area (Å²) in [6, 6.07) is 0. The second kappa shape index (κ2) is 9.57. The van der Waals surface area contributed by atoms with Crippen molar-refractivity contribution < 1.29 is 29.2 Å². The molecule has 3 rings (SSSR count). The van der Waals surface area contributed by atoms with Gasteiger partial charge in [0.25, 0.3) is 0 Å². The van der Waals surface area contributed by atoms with Gasteiger partial charge < -0.3 is 24.4 Å². The standard InChI is InChI=1S/C26H42O6/c1-7-12-24(5)15-22-20(31-24)10-8-17(2)13-19(4)21-16-25(6,28)26(29,32-21)14-18(3)9-11-23(27)30-22/h9,11,13,18-22,28-29H,7-8,10,12,14-16H2,1-6H3. The summed E-state index contributed by atoms with van der Waals surface area (Å²) in [5.74, 6) is -2.18. The highest BCUT2D eigenvalue weighted by molar-refractivity contribution is 5.82. The van der Waals surface area contributed by atoms with Gasteiger partial charge >= 0.3 is 5.97 Å². The van der Waals surface area contributed by atoms with E-state index in [1.165, 1.54) is 11.6 Å². The second-order valence-electron chi connectivity index (χ2n) is 10.9. The van der Waals surface area contributed by atoms with Gasteiger partial charge in [-0.3, -0.25) is 0 Å². The fourth-order valence-electron chi connectivity index (χ4n) is 5.58. The Kier molecular flexibility index (Phi) is 7.60. The van der Waals surface area contributed by atoms with Gasteiger partial charge in [0.05, 0.1) is 17.8 Å². The fourth-order valence-corrected chi connectivity index (χ4v) is 5.58. The van der Waals surface area contributed by atoms with E-state index in [4.69, 9.17) is 14.2 Å². The molecule has 0 saturated carbocycles. The number of carbonyl (C=O) groups excluding carboxylic acids is 1. The van der Waals surface area contributed by atoms with Crippen molar-refractivity contribution in [2.24, 2.45) is 11.8 Å². The zero-order valence-corrected chi connectivity index (χ0v) is 20.6. The average Bonchev–Trinajstić information content (AvgIpc) is 3.10. The first-order chi connectivity index (χ1) is 14.9. The summed E-state index contributed by atoms with van der Waals surface area (Å²) >= 11 is 0. The van der Waals surface area contributed by atoms with Crippen molar-refractivity contribution >= 4 is 5.97 Å². The highest BCUT2D eigenvalue weighted by Gasteiger charge is 2.56. The van der Waals surface area contributed by atoms with E-state index in [9.17, 15) is 15.0 Å². The van der Waals surface area contributed by atoms with Crippen LogP contribution in [0.2, 0.25) is 0 Å². The number of hydrogen-bond donors (Lipinski definition) is 2. The topological polar surface area (TPSA) is 85.2 Å². The van der Waals surface area contributed by atoms with Gasteiger partial charge in [0.1, 0.15) is 11.7 Å². The molecule has 0 amide bonds. The zero-order chi connectivity index (χ0) is 23.7. The minimum absolute atomic E-state index is 0.0535. The Balaban J connectivity index is 1.85. The van der Waals surface area contributed by atoms with Gasteiger partial charge in [-0.05, 0) is 46.0 Å². The van der Waals surface area contributed by atoms with E-state index in [0.29, 0.717) is 12.8 Å². The molecule has 6 nitrogen and oxygen atoms in total. The molecule has 2 bridgehead atoms. The van der Waals surface area contributed by atoms with Crippen molar-refractivity contribution in [2.75, 3.05) is 0 Å². The number of ether oxygens (including phenoxy) is 3. The largest absolute Gasteiger partial charge is 0.456 e. The van der Waals surface area contributed by atoms with Crippen LogP contribution in [-0.4, -0.2) is 51.5 Å². The maximum Gasteiger partial charge on any atom is 0.330 e. The van der Waals surface area contributed by atoms with Crippen LogP contribution in [0.1, 0.15) is 86.5 Å². The maximum atomic E-state index is 12.6. The zero-order valence-electron chi connectivity index (χ0n) is 20.6. The van der Waals surface area contributed by atoms with Gasteiger partial charge in [-0.25, -0.2) is 4.79 Å². The van der Waals surface area contributed by atoms with E-state index in [2.05, 4.69) is 33.8 Å². The molecule has 0 aromatic carbocycles. The molecule has 3 aliphatic heterocycles. The van der Waals surface area contributed by atoms with Crippen molar-refractivity contribution in [2.45, 2.75) is 122 Å². The minimum Gasteiger partial charge on any atom is -0.456 e. The molecule has 0 radical (unpaired) electrons. The van der Waals surface area contributed by atoms with Crippen molar-refractivity contribution in [3.05, 3.63) is 23.8 Å². The number of aliphatic hydroxyl groups is 2. The van der Waals surface area contributed by atoms with E-state index in [-0.39, 0.29) is 42.2 Å². The monoisotopic (exact) mass is 450 g/mol. The van der Waals surface area contributed by atoms with Crippen LogP contribution in [0.3, 0.4) is 0 Å². The Hall–Kier alpha value is -1.21. The van der Waals surface area contributed by atoms with Gasteiger partial charge in [0.2, 0.25) is 0 Å². The number of fused-ring (bicyclic) bond motifs is 3. The molecule has 2 fully saturated rings. The Labute approximate surface area is 193 Å². The van der Waals surface area contributed by atoms with Gasteiger partial charge in [0.15, 0.2) is 5.79 Å². The molecule has 2 saturated heterocycles. The van der Waals surface area contributed by atoms with Crippen LogP contribution >= 0.6 is 0 Å². The first kappa shape index (κ1) is 25.4. The Morgan fingerprint density at radius 1 is 1.06 bits per heavy atom. The summed E-state index contributed by atoms with van der Waals surface area (Å²) < 4.78 is 18.3. The quantitative estimate of drug-likeness (QED) is 0.478. The number of allylic oxidation sites excluding steroid dienone is 2. The van der Waals surface area contributed by atoms with Crippen LogP contribution in [0.25, 0.3) is 0 Å². The Morgan fingerprint density at radius 3 is 2.47 bits per heavy atom. The van der Waals surface area contributed by atoms with Gasteiger partial charge in [-0.15, -0.1) is 0 Å². The highest BCUT2D eigenvalue weighted by Crippen LogP contribution is 2.44. The lowest BCUT2D eigenvalue weighted by Crippen LogP contribution is -2.49. The second-order valence-corrected chi connectivity index (χ2v) is 10.9. The van der Waals surface area contributed by atoms with Crippen LogP contribution in [-0.2, 0) is 19.0 Å². The summed E-state index contributed by atoms with van der Waals surface area (Å²) in [4.78, 5) is 12.6. The fraction of sp³-hybridized carbons (Fsp3) is 0.808. The predicted molar refractivity (Wildman–Crippen MR) is 123 cm³/mol. The maximum absolute atomic E-state index is 12.6. The summed E-state index contributed by atoms with van der Waals surface area (Å²) in [6.07, 6.45) is 9.48. The molecule has 0 aromatic rings. The van der Waals surface area contributed by atoms with Crippen molar-refractivity contribution in [3.8, 4) is 0 Å². The molecule has 0 aromatic heterocycles. The lowest BCUT2D eigenvalue weighted by molar-refractivity contribution is -0.266. The third-order valence-electron chi connectivity index (χ3n) is 7.43. The highest BCUT2D eigenvalue weighted by atomic mass is 16.7. The first-order valence-electron chi connectivity index (χ1n) is 12.2. The first-order valence-corrected chi connectivity index (χ1v) is 12.2. The van der Waals surface area contributed by atoms with Crippen molar-refractivity contribution in [3.63, 3.8) is 0 Å². The predicted octanol–water partition coefficient (Wildman–Crippen LogP) is 4.43. The van der Waals surface area contributed by atoms with Gasteiger partial charge in [-0.1, -0.05) is 44.9 Å². The van der Waals surface area contributed by atoms with E-state index in [1.807, 2.05) is 6.92 Å². The van der Waals surface area contributed by atoms with Crippen LogP contribution in [0, 0.1) is 11.8 Å². The van der Waals surface area contributed by atoms with Crippen LogP contribution in [0.5, 0.6) is 0 Å². The van der Waals surface area contributed by atoms with E-state index >= 15 is 0 Å². The third kappa shape index (κ3) is 5.64. The lowest BCUT2D eigenvalue weighted by Gasteiger charge is -2.35. The minimum atomic E-state index is -1.66. The van der Waals surface area contributed by atoms with Crippen molar-refractivity contribution in [1.82, 2.24) is 0 Å². The van der Waals surface area contributed by atoms with Gasteiger partial charge in [-0.2, -0.15) is 0 Å². The molecule has 182 valence electrons. The number of hydrogen-bond acceptors (Lipinski definition) is 6. The average molecular weight is 451 g/mol. The molecular formula is C26H42O6. The SMILES string of the molecule is CCCC1(C)CC2OC(=O)C=CC(C)CC3(O)OC(CC3(C)O)C(C)C=C(C)CCC2O1. The van der Waals surface area contributed by atoms with Gasteiger partial charge in [0, 0.05) is 31.3 Å². The van der Waals surface area contributed by atoms with E-state index in [1.54, 1.807) is 13.0 Å². The molecule has 8 atom stereocenters. The molecule has 3 aliphatic rings. The number of carbonyl (C=O) groups is 1. The van der Waals surface area contributed by atoms with Crippen LogP contribution < -0.4 is 0 Å². The normalized spacial score (nSPS) is 45.9. The van der Waals surface area contributed by atoms with E-state index in [0.717, 1.165) is 25.7 Å². The summed E-state index contributed by atoms with van der Waals surface area (Å²) in [5, 5.41) is 22.1. The summed E-state index contributed by atoms with van der Waals surface area (Å²) in [5.41, 5.74) is -0.426. The molecule has 8 unspecified atom stereocenters. The lowest BCUT2D eigenvalue weighted by atomic mass is 9.85. The summed E-state index contributed by atoms with van der Waals surface area (Å²) in [7, 11) is 0. The molecular weight excluding hydrogens is 408 g/mol. The smallest absolute Gasteiger partial charge is 0.330 e. The number of esters is 1. The summed E-state index contributed by atoms with van der Waals surface area (Å²) in [6.45, 7) is 11.9. The molecule has 6 heteroatoms.